The largest absolute Gasteiger partial charge is 0.394 e. The van der Waals surface area contributed by atoms with Crippen LogP contribution in [-0.2, 0) is 29.8 Å². The number of hydrogen-bond acceptors (Lipinski definition) is 9. The second-order valence-electron chi connectivity index (χ2n) is 9.69. The Morgan fingerprint density at radius 1 is 1.12 bits per heavy atom. The topological polar surface area (TPSA) is 136 Å². The van der Waals surface area contributed by atoms with E-state index in [1.807, 2.05) is 0 Å². The lowest BCUT2D eigenvalue weighted by Gasteiger charge is -2.43. The summed E-state index contributed by atoms with van der Waals surface area (Å²) in [5, 5.41) is 29.5. The predicted octanol–water partition coefficient (Wildman–Crippen LogP) is 2.34. The van der Waals surface area contributed by atoms with E-state index in [-0.39, 0.29) is 26.2 Å². The molecule has 0 unspecified atom stereocenters. The van der Waals surface area contributed by atoms with Crippen LogP contribution in [0.4, 0.5) is 13.2 Å². The summed E-state index contributed by atoms with van der Waals surface area (Å²) < 4.78 is 73.5. The summed E-state index contributed by atoms with van der Waals surface area (Å²) in [6.07, 6.45) is -3.00. The first-order valence-corrected chi connectivity index (χ1v) is 14.9. The lowest BCUT2D eigenvalue weighted by molar-refractivity contribution is -0.197. The monoisotopic (exact) mass is 664 g/mol. The van der Waals surface area contributed by atoms with Crippen molar-refractivity contribution in [1.82, 2.24) is 19.9 Å². The fourth-order valence-electron chi connectivity index (χ4n) is 4.78. The van der Waals surface area contributed by atoms with Crippen LogP contribution in [0.5, 0.6) is 0 Å². The summed E-state index contributed by atoms with van der Waals surface area (Å²) in [6.45, 7) is 0.131. The number of amides is 1. The predicted molar refractivity (Wildman–Crippen MR) is 146 cm³/mol. The van der Waals surface area contributed by atoms with E-state index >= 15 is 0 Å². The van der Waals surface area contributed by atoms with Gasteiger partial charge >= 0.3 is 0 Å². The number of nitrogens with zero attached hydrogens (tertiary/aromatic N) is 4. The average Bonchev–Trinajstić information content (AvgIpc) is 3.49. The van der Waals surface area contributed by atoms with Crippen molar-refractivity contribution in [2.45, 2.75) is 34.7 Å². The lowest BCUT2D eigenvalue weighted by Crippen LogP contribution is -2.58. The molecule has 0 aliphatic carbocycles. The molecule has 1 amide bonds. The van der Waals surface area contributed by atoms with E-state index in [1.54, 1.807) is 0 Å². The summed E-state index contributed by atoms with van der Waals surface area (Å²) in [5.41, 5.74) is -1.64. The van der Waals surface area contributed by atoms with Crippen molar-refractivity contribution < 1.29 is 46.6 Å². The molecule has 0 radical (unpaired) electrons. The minimum absolute atomic E-state index is 0.0951. The molecule has 2 aliphatic rings. The number of morpholine rings is 1. The van der Waals surface area contributed by atoms with Crippen LogP contribution in [0.3, 0.4) is 0 Å². The van der Waals surface area contributed by atoms with E-state index in [1.165, 1.54) is 29.3 Å². The Morgan fingerprint density at radius 3 is 2.47 bits per heavy atom. The van der Waals surface area contributed by atoms with Crippen molar-refractivity contribution in [1.29, 1.82) is 0 Å². The molecule has 2 saturated heterocycles. The number of hydrogen-bond donors (Lipinski definition) is 2. The first kappa shape index (κ1) is 31.8. The molecule has 1 aromatic heterocycles. The second kappa shape index (κ2) is 13.6. The lowest BCUT2D eigenvalue weighted by atomic mass is 9.97. The minimum Gasteiger partial charge on any atom is -0.394 e. The molecule has 2 N–H and O–H groups in total. The second-order valence-corrected chi connectivity index (χ2v) is 12.0. The highest BCUT2D eigenvalue weighted by Gasteiger charge is 2.50. The van der Waals surface area contributed by atoms with Gasteiger partial charge in [0.1, 0.15) is 36.7 Å². The first-order chi connectivity index (χ1) is 20.6. The van der Waals surface area contributed by atoms with Gasteiger partial charge in [0.2, 0.25) is 5.91 Å². The number of aliphatic hydroxyl groups is 2. The van der Waals surface area contributed by atoms with Gasteiger partial charge in [0.05, 0.1) is 46.9 Å². The fraction of sp³-hybridized carbons (Fsp3) is 0.423. The molecule has 2 aliphatic heterocycles. The molecule has 2 fully saturated rings. The number of aliphatic hydroxyl groups excluding tert-OH is 2. The molecule has 5 rings (SSSR count). The molecule has 0 spiro atoms. The van der Waals surface area contributed by atoms with Crippen LogP contribution >= 0.6 is 23.2 Å². The number of aromatic nitrogens is 3. The molecular weight excluding hydrogens is 640 g/mol. The standard InChI is InChI=1S/C26H25Cl2F3N4O7S/c27-15-2-1-14(9-16(15)28)43(39)26-25(41-12-21(37)34-3-5-40-6-4-34)23(24(38)20(11-36)42-26)35-10-19(32-33-35)13-7-17(29)22(31)18(30)8-13/h1-2,7-10,20,23-26,36,38H,3-6,11-12H2/t20-,23+,24+,25-,26-,43+/m1/s1. The van der Waals surface area contributed by atoms with Crippen LogP contribution in [0.1, 0.15) is 6.04 Å². The Morgan fingerprint density at radius 2 is 1.81 bits per heavy atom. The summed E-state index contributed by atoms with van der Waals surface area (Å²) in [7, 11) is -2.07. The number of halogens is 5. The quantitative estimate of drug-likeness (QED) is 0.348. The van der Waals surface area contributed by atoms with E-state index < -0.39 is 77.2 Å². The number of rotatable bonds is 8. The Bertz CT molecular complexity index is 1490. The molecule has 0 saturated carbocycles. The summed E-state index contributed by atoms with van der Waals surface area (Å²) in [4.78, 5) is 14.6. The zero-order valence-electron chi connectivity index (χ0n) is 22.1. The van der Waals surface area contributed by atoms with Crippen LogP contribution < -0.4 is 0 Å². The van der Waals surface area contributed by atoms with E-state index in [9.17, 15) is 32.4 Å². The number of benzene rings is 2. The first-order valence-electron chi connectivity index (χ1n) is 12.9. The van der Waals surface area contributed by atoms with Crippen molar-refractivity contribution in [3.8, 4) is 11.3 Å². The molecule has 3 heterocycles. The Balaban J connectivity index is 1.52. The molecule has 17 heteroatoms. The normalized spacial score (nSPS) is 25.1. The van der Waals surface area contributed by atoms with Crippen LogP contribution in [0.15, 0.2) is 41.4 Å². The van der Waals surface area contributed by atoms with Gasteiger partial charge in [0.25, 0.3) is 0 Å². The van der Waals surface area contributed by atoms with Crippen molar-refractivity contribution in [3.63, 3.8) is 0 Å². The fourth-order valence-corrected chi connectivity index (χ4v) is 6.57. The van der Waals surface area contributed by atoms with Gasteiger partial charge in [-0.2, -0.15) is 0 Å². The van der Waals surface area contributed by atoms with Crippen molar-refractivity contribution in [2.75, 3.05) is 39.5 Å². The summed E-state index contributed by atoms with van der Waals surface area (Å²) >= 11 is 12.2. The van der Waals surface area contributed by atoms with Gasteiger partial charge in [-0.05, 0) is 30.3 Å². The van der Waals surface area contributed by atoms with E-state index in [4.69, 9.17) is 37.4 Å². The maximum atomic E-state index is 13.9. The highest BCUT2D eigenvalue weighted by Crippen LogP contribution is 2.37. The van der Waals surface area contributed by atoms with Crippen LogP contribution in [-0.4, -0.2) is 103 Å². The summed E-state index contributed by atoms with van der Waals surface area (Å²) in [5.74, 6) is -4.96. The smallest absolute Gasteiger partial charge is 0.248 e. The molecule has 3 aromatic rings. The molecule has 11 nitrogen and oxygen atoms in total. The van der Waals surface area contributed by atoms with Gasteiger partial charge in [-0.25, -0.2) is 17.9 Å². The SMILES string of the molecule is O=C(CO[C@@H]1[C@@H](n2cc(-c3cc(F)c(F)c(F)c3)nn2)[C@@H](O)[C@@H](CO)O[C@@H]1[S@@](=O)c1ccc(Cl)c(Cl)c1)N1CCOCC1. The number of carbonyl (C=O) groups is 1. The van der Waals surface area contributed by atoms with Crippen LogP contribution in [0.25, 0.3) is 11.3 Å². The Kier molecular flexibility index (Phi) is 10.0. The van der Waals surface area contributed by atoms with Crippen molar-refractivity contribution in [3.05, 3.63) is 64.0 Å². The van der Waals surface area contributed by atoms with E-state index in [0.717, 1.165) is 16.8 Å². The van der Waals surface area contributed by atoms with E-state index in [2.05, 4.69) is 10.3 Å². The molecular formula is C26H25Cl2F3N4O7S. The minimum atomic E-state index is -2.07. The van der Waals surface area contributed by atoms with Gasteiger partial charge in [-0.3, -0.25) is 9.00 Å². The molecule has 232 valence electrons. The number of ether oxygens (including phenoxy) is 3. The maximum Gasteiger partial charge on any atom is 0.248 e. The summed E-state index contributed by atoms with van der Waals surface area (Å²) in [6, 6.07) is 4.40. The van der Waals surface area contributed by atoms with Gasteiger partial charge in [0.15, 0.2) is 22.9 Å². The Labute approximate surface area is 255 Å². The molecule has 43 heavy (non-hydrogen) atoms. The van der Waals surface area contributed by atoms with Crippen LogP contribution in [0.2, 0.25) is 10.0 Å². The third kappa shape index (κ3) is 6.73. The van der Waals surface area contributed by atoms with E-state index in [0.29, 0.717) is 26.3 Å². The number of carbonyl (C=O) groups excluding carboxylic acids is 1. The van der Waals surface area contributed by atoms with Crippen molar-refractivity contribution >= 4 is 39.9 Å². The van der Waals surface area contributed by atoms with Crippen LogP contribution in [0, 0.1) is 17.5 Å². The third-order valence-electron chi connectivity index (χ3n) is 7.02. The average molecular weight is 665 g/mol. The maximum absolute atomic E-state index is 13.9. The van der Waals surface area contributed by atoms with Gasteiger partial charge in [-0.1, -0.05) is 28.4 Å². The van der Waals surface area contributed by atoms with Crippen molar-refractivity contribution in [2.24, 2.45) is 0 Å². The van der Waals surface area contributed by atoms with Gasteiger partial charge < -0.3 is 29.3 Å². The Hall–Kier alpha value is -2.63. The van der Waals surface area contributed by atoms with Gasteiger partial charge in [-0.15, -0.1) is 5.10 Å². The molecule has 0 bridgehead atoms. The molecule has 6 atom stereocenters. The highest BCUT2D eigenvalue weighted by atomic mass is 35.5. The zero-order chi connectivity index (χ0) is 30.8. The van der Waals surface area contributed by atoms with Gasteiger partial charge in [0, 0.05) is 23.5 Å². The highest BCUT2D eigenvalue weighted by molar-refractivity contribution is 7.85. The molecule has 2 aromatic carbocycles. The zero-order valence-corrected chi connectivity index (χ0v) is 24.4. The third-order valence-corrected chi connectivity index (χ3v) is 9.28.